The fourth-order valence-corrected chi connectivity index (χ4v) is 4.40. The molecule has 2 heterocycles. The Morgan fingerprint density at radius 2 is 2.00 bits per heavy atom. The maximum atomic E-state index is 12.6. The molecule has 2 aromatic heterocycles. The van der Waals surface area contributed by atoms with E-state index < -0.39 is 21.5 Å². The quantitative estimate of drug-likeness (QED) is 0.478. The van der Waals surface area contributed by atoms with E-state index in [2.05, 4.69) is 4.72 Å². The van der Waals surface area contributed by atoms with Crippen molar-refractivity contribution < 1.29 is 27.5 Å². The summed E-state index contributed by atoms with van der Waals surface area (Å²) >= 11 is 1.30. The molecular weight excluding hydrogens is 404 g/mol. The topological polar surface area (TPSA) is 132 Å². The number of rotatable bonds is 9. The van der Waals surface area contributed by atoms with Crippen molar-refractivity contribution in [2.75, 3.05) is 13.2 Å². The molecule has 1 aromatic carbocycles. The predicted molar refractivity (Wildman–Crippen MR) is 102 cm³/mol. The number of hydrogen-bond acceptors (Lipinski definition) is 7. The number of nitrogens with one attached hydrogen (secondary N) is 1. The molecule has 8 nitrogen and oxygen atoms in total. The van der Waals surface area contributed by atoms with Crippen molar-refractivity contribution >= 4 is 27.3 Å². The molecule has 4 N–H and O–H groups in total. The number of benzene rings is 1. The average molecular weight is 422 g/mol. The van der Waals surface area contributed by atoms with E-state index in [0.29, 0.717) is 16.2 Å². The second-order valence-corrected chi connectivity index (χ2v) is 8.62. The first kappa shape index (κ1) is 20.1. The van der Waals surface area contributed by atoms with Gasteiger partial charge < -0.3 is 20.0 Å². The van der Waals surface area contributed by atoms with Gasteiger partial charge in [0.05, 0.1) is 17.4 Å². The van der Waals surface area contributed by atoms with E-state index in [4.69, 9.17) is 14.9 Å². The van der Waals surface area contributed by atoms with Gasteiger partial charge in [-0.1, -0.05) is 6.07 Å². The van der Waals surface area contributed by atoms with Gasteiger partial charge in [-0.15, -0.1) is 11.3 Å². The summed E-state index contributed by atoms with van der Waals surface area (Å²) in [5.41, 5.74) is 3.87. The van der Waals surface area contributed by atoms with Crippen LogP contribution in [0.5, 0.6) is 5.75 Å². The Morgan fingerprint density at radius 1 is 1.25 bits per heavy atom. The molecule has 10 heteroatoms. The number of primary amides is 1. The molecule has 0 saturated carbocycles. The van der Waals surface area contributed by atoms with Gasteiger partial charge in [0, 0.05) is 17.0 Å². The van der Waals surface area contributed by atoms with Gasteiger partial charge in [-0.2, -0.15) is 0 Å². The summed E-state index contributed by atoms with van der Waals surface area (Å²) in [6.45, 7) is -0.585. The second-order valence-electron chi connectivity index (χ2n) is 5.90. The lowest BCUT2D eigenvalue weighted by Gasteiger charge is -2.26. The van der Waals surface area contributed by atoms with Crippen LogP contribution in [0.1, 0.15) is 10.4 Å². The fourth-order valence-electron chi connectivity index (χ4n) is 2.50. The molecule has 1 atom stereocenters. The first-order valence-electron chi connectivity index (χ1n) is 8.11. The molecule has 148 valence electrons. The smallest absolute Gasteiger partial charge is 0.255 e. The molecule has 0 fully saturated rings. The van der Waals surface area contributed by atoms with Crippen molar-refractivity contribution in [1.29, 1.82) is 0 Å². The summed E-state index contributed by atoms with van der Waals surface area (Å²) < 4.78 is 37.9. The highest BCUT2D eigenvalue weighted by Crippen LogP contribution is 2.33. The van der Waals surface area contributed by atoms with Crippen LogP contribution in [0.15, 0.2) is 69.7 Å². The zero-order chi connectivity index (χ0) is 20.2. The van der Waals surface area contributed by atoms with Gasteiger partial charge in [0.1, 0.15) is 11.4 Å². The lowest BCUT2D eigenvalue weighted by atomic mass is 9.95. The van der Waals surface area contributed by atoms with Crippen molar-refractivity contribution in [3.63, 3.8) is 0 Å². The predicted octanol–water partition coefficient (Wildman–Crippen LogP) is 1.42. The minimum atomic E-state index is -3.91. The second kappa shape index (κ2) is 8.15. The number of carbonyl (C=O) groups is 1. The van der Waals surface area contributed by atoms with E-state index in [1.807, 2.05) is 0 Å². The van der Waals surface area contributed by atoms with Crippen LogP contribution in [0.4, 0.5) is 0 Å². The third-order valence-electron chi connectivity index (χ3n) is 3.96. The Balaban J connectivity index is 1.77. The molecule has 0 bridgehead atoms. The third kappa shape index (κ3) is 4.42. The summed E-state index contributed by atoms with van der Waals surface area (Å²) in [5, 5.41) is 13.0. The highest BCUT2D eigenvalue weighted by molar-refractivity contribution is 7.89. The van der Waals surface area contributed by atoms with Crippen LogP contribution in [-0.4, -0.2) is 32.6 Å². The molecular formula is C18H18N2O6S2. The zero-order valence-electron chi connectivity index (χ0n) is 14.6. The van der Waals surface area contributed by atoms with Crippen LogP contribution in [0.3, 0.4) is 0 Å². The Morgan fingerprint density at radius 3 is 2.57 bits per heavy atom. The molecule has 0 aliphatic carbocycles. The lowest BCUT2D eigenvalue weighted by Crippen LogP contribution is -2.40. The summed E-state index contributed by atoms with van der Waals surface area (Å²) in [5.74, 6) is -0.322. The number of furan rings is 1. The number of amides is 1. The van der Waals surface area contributed by atoms with Crippen molar-refractivity contribution in [2.24, 2.45) is 5.73 Å². The van der Waals surface area contributed by atoms with Crippen molar-refractivity contribution in [2.45, 2.75) is 10.5 Å². The molecule has 0 spiro atoms. The first-order valence-corrected chi connectivity index (χ1v) is 10.5. The fraction of sp³-hybridized carbons (Fsp3) is 0.167. The van der Waals surface area contributed by atoms with Crippen molar-refractivity contribution in [3.8, 4) is 5.75 Å². The van der Waals surface area contributed by atoms with E-state index in [0.717, 1.165) is 0 Å². The first-order chi connectivity index (χ1) is 13.3. The number of thiophene rings is 1. The van der Waals surface area contributed by atoms with E-state index in [-0.39, 0.29) is 18.0 Å². The number of ether oxygens (including phenoxy) is 1. The van der Waals surface area contributed by atoms with Crippen LogP contribution >= 0.6 is 11.3 Å². The number of carbonyl (C=O) groups excluding carboxylic acids is 1. The summed E-state index contributed by atoms with van der Waals surface area (Å²) in [6.07, 6.45) is 2.78. The summed E-state index contributed by atoms with van der Waals surface area (Å²) in [6, 6.07) is 10.6. The Kier molecular flexibility index (Phi) is 5.84. The van der Waals surface area contributed by atoms with Gasteiger partial charge in [-0.3, -0.25) is 4.79 Å². The monoisotopic (exact) mass is 422 g/mol. The van der Waals surface area contributed by atoms with E-state index in [1.54, 1.807) is 23.6 Å². The van der Waals surface area contributed by atoms with Gasteiger partial charge in [0.2, 0.25) is 10.0 Å². The maximum Gasteiger partial charge on any atom is 0.255 e. The van der Waals surface area contributed by atoms with Crippen molar-refractivity contribution in [3.05, 3.63) is 70.8 Å². The largest absolute Gasteiger partial charge is 0.484 e. The van der Waals surface area contributed by atoms with Crippen LogP contribution in [0.2, 0.25) is 0 Å². The maximum absolute atomic E-state index is 12.6. The standard InChI is InChI=1S/C18H18N2O6S2/c19-17(21)11-26-14-3-5-15(6-4-14)28(23,24)20-12-18(22,13-7-8-25-10-13)16-2-1-9-27-16/h1-10,20,22H,11-12H2,(H2,19,21)/t18-/m0/s1. The molecule has 0 saturated heterocycles. The molecule has 0 aliphatic rings. The van der Waals surface area contributed by atoms with E-state index in [9.17, 15) is 18.3 Å². The Hall–Kier alpha value is -2.66. The lowest BCUT2D eigenvalue weighted by molar-refractivity contribution is -0.119. The minimum Gasteiger partial charge on any atom is -0.484 e. The number of sulfonamides is 1. The number of aliphatic hydroxyl groups is 1. The van der Waals surface area contributed by atoms with E-state index >= 15 is 0 Å². The molecule has 3 rings (SSSR count). The average Bonchev–Trinajstić information content (AvgIpc) is 3.39. The zero-order valence-corrected chi connectivity index (χ0v) is 16.2. The normalized spacial score (nSPS) is 13.8. The number of nitrogens with two attached hydrogens (primary N) is 1. The summed E-state index contributed by atoms with van der Waals surface area (Å²) in [7, 11) is -3.91. The number of hydrogen-bond donors (Lipinski definition) is 3. The SMILES string of the molecule is NC(=O)COc1ccc(S(=O)(=O)NC[C@](O)(c2ccoc2)c2cccs2)cc1. The van der Waals surface area contributed by atoms with Gasteiger partial charge in [-0.05, 0) is 41.8 Å². The van der Waals surface area contributed by atoms with Crippen LogP contribution < -0.4 is 15.2 Å². The molecule has 28 heavy (non-hydrogen) atoms. The van der Waals surface area contributed by atoms with Crippen molar-refractivity contribution in [1.82, 2.24) is 4.72 Å². The van der Waals surface area contributed by atoms with Gasteiger partial charge >= 0.3 is 0 Å². The molecule has 3 aromatic rings. The minimum absolute atomic E-state index is 0.0142. The molecule has 0 radical (unpaired) electrons. The highest BCUT2D eigenvalue weighted by atomic mass is 32.2. The molecule has 0 aliphatic heterocycles. The summed E-state index contributed by atoms with van der Waals surface area (Å²) in [4.78, 5) is 11.3. The molecule has 0 unspecified atom stereocenters. The van der Waals surface area contributed by atoms with Gasteiger partial charge in [-0.25, -0.2) is 13.1 Å². The Bertz CT molecular complexity index is 978. The Labute approximate surface area is 165 Å². The van der Waals surface area contributed by atoms with E-state index in [1.165, 1.54) is 48.1 Å². The van der Waals surface area contributed by atoms with Crippen LogP contribution in [0, 0.1) is 0 Å². The van der Waals surface area contributed by atoms with Gasteiger partial charge in [0.25, 0.3) is 5.91 Å². The van der Waals surface area contributed by atoms with Gasteiger partial charge in [0.15, 0.2) is 6.61 Å². The molecule has 1 amide bonds. The van der Waals surface area contributed by atoms with Crippen LogP contribution in [0.25, 0.3) is 0 Å². The van der Waals surface area contributed by atoms with Crippen LogP contribution in [-0.2, 0) is 20.4 Å². The third-order valence-corrected chi connectivity index (χ3v) is 6.40. The highest BCUT2D eigenvalue weighted by Gasteiger charge is 2.35.